The van der Waals surface area contributed by atoms with Gasteiger partial charge in [-0.05, 0) is 11.1 Å². The molecule has 8 aromatic rings. The van der Waals surface area contributed by atoms with Gasteiger partial charge in [0.1, 0.15) is 0 Å². The van der Waals surface area contributed by atoms with Gasteiger partial charge in [-0.25, -0.2) is 0 Å². The Morgan fingerprint density at radius 3 is 1.79 bits per heavy atom. The van der Waals surface area contributed by atoms with Gasteiger partial charge in [-0.2, -0.15) is 0 Å². The molecule has 0 aliphatic heterocycles. The summed E-state index contributed by atoms with van der Waals surface area (Å²) >= 11 is 0.346. The van der Waals surface area contributed by atoms with Gasteiger partial charge < -0.3 is 0 Å². The second-order valence-electron chi connectivity index (χ2n) is 10.6. The summed E-state index contributed by atoms with van der Waals surface area (Å²) in [6.45, 7) is 0. The molecule has 1 nitrogen and oxygen atoms in total. The van der Waals surface area contributed by atoms with E-state index in [1.165, 1.54) is 52.3 Å². The Bertz CT molecular complexity index is 2180. The van der Waals surface area contributed by atoms with Crippen LogP contribution in [-0.2, 0) is 0 Å². The third-order valence-electron chi connectivity index (χ3n) is 8.04. The van der Waals surface area contributed by atoms with Crippen molar-refractivity contribution in [1.82, 2.24) is 0 Å². The number of anilines is 3. The molecule has 1 aromatic heterocycles. The van der Waals surface area contributed by atoms with Crippen LogP contribution in [-0.4, -0.2) is 14.5 Å². The number of nitrogens with zero attached hydrogens (tertiary/aromatic N) is 1. The Balaban J connectivity index is 1.20. The zero-order valence-corrected chi connectivity index (χ0v) is 24.7. The van der Waals surface area contributed by atoms with Gasteiger partial charge in [0.2, 0.25) is 0 Å². The van der Waals surface area contributed by atoms with Crippen molar-refractivity contribution in [3.8, 4) is 22.3 Å². The molecule has 0 aliphatic rings. The molecule has 0 N–H and O–H groups in total. The van der Waals surface area contributed by atoms with Crippen molar-refractivity contribution in [2.24, 2.45) is 0 Å². The number of hydrogen-bond acceptors (Lipinski definition) is 1. The summed E-state index contributed by atoms with van der Waals surface area (Å²) < 4.78 is 3.00. The number of benzene rings is 7. The first-order chi connectivity index (χ1) is 20.8. The summed E-state index contributed by atoms with van der Waals surface area (Å²) in [6, 6.07) is 59.4. The quantitative estimate of drug-likeness (QED) is 0.178. The monoisotopic (exact) mass is 601 g/mol. The minimum Gasteiger partial charge on any atom is -0.0617 e. The van der Waals surface area contributed by atoms with Crippen molar-refractivity contribution < 1.29 is 0 Å². The van der Waals surface area contributed by atoms with Crippen molar-refractivity contribution in [3.63, 3.8) is 0 Å². The Labute approximate surface area is 251 Å². The first kappa shape index (κ1) is 24.9. The smallest absolute Gasteiger partial charge is 0.0617 e. The summed E-state index contributed by atoms with van der Waals surface area (Å²) in [4.78, 5) is 2.34. The second kappa shape index (κ2) is 10.5. The fourth-order valence-electron chi connectivity index (χ4n) is 5.97. The Kier molecular flexibility index (Phi) is 6.22. The van der Waals surface area contributed by atoms with Crippen molar-refractivity contribution in [2.75, 3.05) is 4.90 Å². The van der Waals surface area contributed by atoms with Gasteiger partial charge in [-0.1, -0.05) is 36.4 Å². The average molecular weight is 601 g/mol. The van der Waals surface area contributed by atoms with E-state index < -0.39 is 0 Å². The molecule has 7 aromatic carbocycles. The molecule has 8 rings (SSSR count). The van der Waals surface area contributed by atoms with E-state index in [1.807, 2.05) is 0 Å². The van der Waals surface area contributed by atoms with Crippen LogP contribution in [0, 0.1) is 0 Å². The van der Waals surface area contributed by atoms with Crippen molar-refractivity contribution in [1.29, 1.82) is 0 Å². The average Bonchev–Trinajstić information content (AvgIpc) is 3.45. The molecule has 0 atom stereocenters. The molecule has 0 radical (unpaired) electrons. The fourth-order valence-corrected chi connectivity index (χ4v) is 8.57. The molecule has 0 saturated carbocycles. The molecule has 0 fully saturated rings. The van der Waals surface area contributed by atoms with Gasteiger partial charge in [0.15, 0.2) is 0 Å². The van der Waals surface area contributed by atoms with Crippen LogP contribution in [0.4, 0.5) is 17.1 Å². The van der Waals surface area contributed by atoms with E-state index in [2.05, 4.69) is 169 Å². The minimum absolute atomic E-state index is 0.346. The molecule has 1 heterocycles. The van der Waals surface area contributed by atoms with Crippen LogP contribution in [0.1, 0.15) is 0 Å². The molecular formula is C40H27NSe. The van der Waals surface area contributed by atoms with Crippen LogP contribution in [0.15, 0.2) is 164 Å². The van der Waals surface area contributed by atoms with E-state index in [4.69, 9.17) is 0 Å². The number of fused-ring (bicyclic) bond motifs is 5. The first-order valence-electron chi connectivity index (χ1n) is 14.3. The SMILES string of the molecule is c1ccc(-c2ccc(N(c3ccccc3)c3cccc(-c4ccc5c(ccc6c7ccccc7[se]c56)c4)c3)cc2)cc1. The molecule has 0 amide bonds. The maximum atomic E-state index is 2.36. The second-order valence-corrected chi connectivity index (χ2v) is 12.8. The molecule has 0 spiro atoms. The van der Waals surface area contributed by atoms with Gasteiger partial charge in [0, 0.05) is 0 Å². The summed E-state index contributed by atoms with van der Waals surface area (Å²) in [7, 11) is 0. The molecule has 42 heavy (non-hydrogen) atoms. The summed E-state index contributed by atoms with van der Waals surface area (Å²) in [5, 5.41) is 5.50. The Hall–Kier alpha value is -4.88. The van der Waals surface area contributed by atoms with Crippen LogP contribution in [0.3, 0.4) is 0 Å². The zero-order valence-electron chi connectivity index (χ0n) is 22.9. The molecular weight excluding hydrogens is 573 g/mol. The van der Waals surface area contributed by atoms with E-state index in [0.717, 1.165) is 17.1 Å². The Morgan fingerprint density at radius 1 is 0.357 bits per heavy atom. The third kappa shape index (κ3) is 4.43. The van der Waals surface area contributed by atoms with E-state index in [9.17, 15) is 0 Å². The van der Waals surface area contributed by atoms with E-state index >= 15 is 0 Å². The van der Waals surface area contributed by atoms with Crippen LogP contribution in [0.25, 0.3) is 52.3 Å². The molecule has 0 bridgehead atoms. The standard InChI is InChI=1S/C40H27NSe/c1-3-10-28(11-4-1)29-18-22-34(23-19-29)41(33-13-5-2-6-14-33)35-15-9-12-30(27-35)31-20-24-36-32(26-31)21-25-38-37-16-7-8-17-39(37)42-40(36)38/h1-27H. The van der Waals surface area contributed by atoms with Crippen molar-refractivity contribution in [2.45, 2.75) is 0 Å². The van der Waals surface area contributed by atoms with Crippen molar-refractivity contribution >= 4 is 61.6 Å². The summed E-state index contributed by atoms with van der Waals surface area (Å²) in [5.41, 5.74) is 8.30. The summed E-state index contributed by atoms with van der Waals surface area (Å²) in [5.74, 6) is 0. The topological polar surface area (TPSA) is 3.24 Å². The predicted molar refractivity (Wildman–Crippen MR) is 181 cm³/mol. The fraction of sp³-hybridized carbons (Fsp3) is 0. The minimum atomic E-state index is 0.346. The van der Waals surface area contributed by atoms with Gasteiger partial charge >= 0.3 is 205 Å². The van der Waals surface area contributed by atoms with E-state index in [1.54, 1.807) is 0 Å². The van der Waals surface area contributed by atoms with Gasteiger partial charge in [-0.15, -0.1) is 0 Å². The zero-order chi connectivity index (χ0) is 27.9. The van der Waals surface area contributed by atoms with Gasteiger partial charge in [-0.3, -0.25) is 0 Å². The molecule has 198 valence electrons. The normalized spacial score (nSPS) is 11.3. The van der Waals surface area contributed by atoms with Gasteiger partial charge in [0.25, 0.3) is 0 Å². The molecule has 2 heteroatoms. The predicted octanol–water partition coefficient (Wildman–Crippen LogP) is 11.0. The van der Waals surface area contributed by atoms with E-state index in [0.29, 0.717) is 14.5 Å². The third-order valence-corrected chi connectivity index (χ3v) is 10.6. The number of para-hydroxylation sites is 1. The molecule has 0 aliphatic carbocycles. The molecule has 0 saturated heterocycles. The van der Waals surface area contributed by atoms with Crippen LogP contribution in [0.2, 0.25) is 0 Å². The number of hydrogen-bond donors (Lipinski definition) is 0. The molecule has 0 unspecified atom stereocenters. The van der Waals surface area contributed by atoms with Gasteiger partial charge in [0.05, 0.1) is 0 Å². The Morgan fingerprint density at radius 2 is 0.952 bits per heavy atom. The maximum absolute atomic E-state index is 2.36. The number of rotatable bonds is 5. The van der Waals surface area contributed by atoms with Crippen LogP contribution >= 0.6 is 0 Å². The van der Waals surface area contributed by atoms with E-state index in [-0.39, 0.29) is 0 Å². The summed E-state index contributed by atoms with van der Waals surface area (Å²) in [6.07, 6.45) is 0. The van der Waals surface area contributed by atoms with Crippen LogP contribution in [0.5, 0.6) is 0 Å². The van der Waals surface area contributed by atoms with Crippen molar-refractivity contribution in [3.05, 3.63) is 164 Å². The first-order valence-corrected chi connectivity index (χ1v) is 16.0. The van der Waals surface area contributed by atoms with Crippen LogP contribution < -0.4 is 4.90 Å².